The third kappa shape index (κ3) is 3.45. The molecule has 1 aromatic heterocycles. The molecule has 1 amide bonds. The molecule has 122 valence electrons. The number of nitrogens with two attached hydrogens (primary N) is 1. The van der Waals surface area contributed by atoms with Gasteiger partial charge in [-0.3, -0.25) is 4.79 Å². The van der Waals surface area contributed by atoms with Gasteiger partial charge in [0.2, 0.25) is 12.7 Å². The van der Waals surface area contributed by atoms with Crippen molar-refractivity contribution < 1.29 is 18.7 Å². The Bertz CT molecular complexity index is 711. The van der Waals surface area contributed by atoms with E-state index in [0.29, 0.717) is 29.0 Å². The van der Waals surface area contributed by atoms with E-state index < -0.39 is 0 Å². The van der Waals surface area contributed by atoms with E-state index in [0.717, 1.165) is 6.42 Å². The number of amides is 1. The number of hydrogen-bond acceptors (Lipinski definition) is 6. The van der Waals surface area contributed by atoms with Gasteiger partial charge in [-0.15, -0.1) is 0 Å². The molecule has 3 rings (SSSR count). The number of oxazole rings is 1. The summed E-state index contributed by atoms with van der Waals surface area (Å²) in [4.78, 5) is 16.4. The van der Waals surface area contributed by atoms with E-state index in [2.05, 4.69) is 24.1 Å². The topological polar surface area (TPSA) is 99.6 Å². The van der Waals surface area contributed by atoms with Crippen molar-refractivity contribution in [3.8, 4) is 11.5 Å². The van der Waals surface area contributed by atoms with Gasteiger partial charge >= 0.3 is 0 Å². The molecule has 2 aromatic rings. The lowest BCUT2D eigenvalue weighted by Gasteiger charge is -2.09. The number of aromatic nitrogens is 1. The fraction of sp³-hybridized carbons (Fsp3) is 0.375. The summed E-state index contributed by atoms with van der Waals surface area (Å²) in [6, 6.07) is 4.86. The van der Waals surface area contributed by atoms with Crippen LogP contribution in [0, 0.1) is 5.92 Å². The van der Waals surface area contributed by atoms with Crippen LogP contribution in [0.2, 0.25) is 0 Å². The second-order valence-corrected chi connectivity index (χ2v) is 5.83. The number of ether oxygens (including phenoxy) is 2. The molecular weight excluding hydrogens is 298 g/mol. The van der Waals surface area contributed by atoms with Crippen LogP contribution in [0.25, 0.3) is 0 Å². The number of benzene rings is 1. The Morgan fingerprint density at radius 2 is 2.13 bits per heavy atom. The first-order valence-corrected chi connectivity index (χ1v) is 7.45. The predicted molar refractivity (Wildman–Crippen MR) is 83.4 cm³/mol. The largest absolute Gasteiger partial charge is 0.454 e. The maximum atomic E-state index is 12.2. The lowest BCUT2D eigenvalue weighted by atomic mass is 10.0. The summed E-state index contributed by atoms with van der Waals surface area (Å²) in [5.74, 6) is 1.68. The first-order chi connectivity index (χ1) is 11.0. The summed E-state index contributed by atoms with van der Waals surface area (Å²) < 4.78 is 15.8. The van der Waals surface area contributed by atoms with Gasteiger partial charge in [-0.2, -0.15) is 0 Å². The number of hydrogen-bond donors (Lipinski definition) is 2. The number of anilines is 1. The average Bonchev–Trinajstić information content (AvgIpc) is 3.15. The number of nitrogens with one attached hydrogen (secondary N) is 1. The van der Waals surface area contributed by atoms with Crippen molar-refractivity contribution in [2.24, 2.45) is 11.7 Å². The maximum Gasteiger partial charge on any atom is 0.277 e. The summed E-state index contributed by atoms with van der Waals surface area (Å²) in [5, 5.41) is 2.74. The quantitative estimate of drug-likeness (QED) is 0.879. The Morgan fingerprint density at radius 1 is 1.35 bits per heavy atom. The summed E-state index contributed by atoms with van der Waals surface area (Å²) in [5.41, 5.74) is 6.79. The third-order valence-electron chi connectivity index (χ3n) is 3.43. The minimum absolute atomic E-state index is 0.188. The summed E-state index contributed by atoms with van der Waals surface area (Å²) in [6.45, 7) is 4.32. The molecule has 0 spiro atoms. The Kier molecular flexibility index (Phi) is 4.20. The molecule has 7 nitrogen and oxygen atoms in total. The molecule has 0 saturated heterocycles. The lowest BCUT2D eigenvalue weighted by Crippen LogP contribution is -2.15. The minimum Gasteiger partial charge on any atom is -0.454 e. The van der Waals surface area contributed by atoms with Crippen LogP contribution in [0.4, 0.5) is 5.69 Å². The second-order valence-electron chi connectivity index (χ2n) is 5.83. The van der Waals surface area contributed by atoms with Crippen molar-refractivity contribution in [2.45, 2.75) is 26.3 Å². The van der Waals surface area contributed by atoms with Gasteiger partial charge in [-0.05, 0) is 24.5 Å². The zero-order valence-corrected chi connectivity index (χ0v) is 13.0. The van der Waals surface area contributed by atoms with Crippen LogP contribution in [0.5, 0.6) is 11.5 Å². The number of rotatable bonds is 5. The summed E-state index contributed by atoms with van der Waals surface area (Å²) in [6.07, 6.45) is 2.06. The Balaban J connectivity index is 1.68. The Labute approximate surface area is 133 Å². The van der Waals surface area contributed by atoms with E-state index in [4.69, 9.17) is 19.6 Å². The van der Waals surface area contributed by atoms with Crippen molar-refractivity contribution in [3.05, 3.63) is 36.0 Å². The number of carbonyl (C=O) groups is 1. The summed E-state index contributed by atoms with van der Waals surface area (Å²) >= 11 is 0. The molecule has 0 fully saturated rings. The van der Waals surface area contributed by atoms with E-state index in [9.17, 15) is 4.79 Å². The van der Waals surface area contributed by atoms with Crippen LogP contribution in [0.15, 0.2) is 28.9 Å². The molecular formula is C16H19N3O4. The van der Waals surface area contributed by atoms with Crippen LogP contribution in [-0.4, -0.2) is 17.7 Å². The van der Waals surface area contributed by atoms with Crippen molar-refractivity contribution in [1.29, 1.82) is 0 Å². The first-order valence-electron chi connectivity index (χ1n) is 7.45. The third-order valence-corrected chi connectivity index (χ3v) is 3.43. The van der Waals surface area contributed by atoms with E-state index in [1.54, 1.807) is 18.2 Å². The zero-order chi connectivity index (χ0) is 16.4. The van der Waals surface area contributed by atoms with Crippen molar-refractivity contribution >= 4 is 11.6 Å². The van der Waals surface area contributed by atoms with E-state index in [-0.39, 0.29) is 24.4 Å². The molecule has 0 bridgehead atoms. The van der Waals surface area contributed by atoms with Crippen LogP contribution in [0.1, 0.15) is 42.7 Å². The molecule has 7 heteroatoms. The normalized spacial score (nSPS) is 14.1. The fourth-order valence-corrected chi connectivity index (χ4v) is 2.34. The average molecular weight is 317 g/mol. The smallest absolute Gasteiger partial charge is 0.277 e. The molecule has 2 heterocycles. The van der Waals surface area contributed by atoms with Gasteiger partial charge in [-0.25, -0.2) is 4.98 Å². The fourth-order valence-electron chi connectivity index (χ4n) is 2.34. The van der Waals surface area contributed by atoms with Gasteiger partial charge in [0.1, 0.15) is 6.26 Å². The van der Waals surface area contributed by atoms with Crippen molar-refractivity contribution in [3.63, 3.8) is 0 Å². The highest BCUT2D eigenvalue weighted by Gasteiger charge is 2.19. The molecule has 3 N–H and O–H groups in total. The number of carbonyl (C=O) groups excluding carboxylic acids is 1. The highest BCUT2D eigenvalue weighted by atomic mass is 16.7. The highest BCUT2D eigenvalue weighted by molar-refractivity contribution is 6.02. The second kappa shape index (κ2) is 6.29. The molecule has 1 atom stereocenters. The zero-order valence-electron chi connectivity index (χ0n) is 13.0. The standard InChI is InChI=1S/C16H19N3O4/c1-9(2)5-11(17)16-19-12(7-21-16)15(20)18-10-3-4-13-14(6-10)23-8-22-13/h3-4,6-7,9,11H,5,8,17H2,1-2H3,(H,18,20). The van der Waals surface area contributed by atoms with Gasteiger partial charge in [0, 0.05) is 11.8 Å². The maximum absolute atomic E-state index is 12.2. The molecule has 0 saturated carbocycles. The van der Waals surface area contributed by atoms with E-state index in [1.807, 2.05) is 0 Å². The summed E-state index contributed by atoms with van der Waals surface area (Å²) in [7, 11) is 0. The van der Waals surface area contributed by atoms with Gasteiger partial charge in [0.05, 0.1) is 6.04 Å². The molecule has 0 radical (unpaired) electrons. The molecule has 0 aliphatic carbocycles. The highest BCUT2D eigenvalue weighted by Crippen LogP contribution is 2.34. The van der Waals surface area contributed by atoms with Gasteiger partial charge in [0.25, 0.3) is 5.91 Å². The van der Waals surface area contributed by atoms with Crippen LogP contribution >= 0.6 is 0 Å². The number of nitrogens with zero attached hydrogens (tertiary/aromatic N) is 1. The van der Waals surface area contributed by atoms with Gasteiger partial charge in [-0.1, -0.05) is 13.8 Å². The Morgan fingerprint density at radius 3 is 2.91 bits per heavy atom. The molecule has 1 unspecified atom stereocenters. The minimum atomic E-state index is -0.365. The van der Waals surface area contributed by atoms with Crippen LogP contribution in [0.3, 0.4) is 0 Å². The van der Waals surface area contributed by atoms with E-state index in [1.165, 1.54) is 6.26 Å². The first kappa shape index (κ1) is 15.4. The van der Waals surface area contributed by atoms with Crippen molar-refractivity contribution in [2.75, 3.05) is 12.1 Å². The molecule has 23 heavy (non-hydrogen) atoms. The molecule has 1 aromatic carbocycles. The molecule has 1 aliphatic rings. The van der Waals surface area contributed by atoms with Crippen molar-refractivity contribution in [1.82, 2.24) is 4.98 Å². The Hall–Kier alpha value is -2.54. The van der Waals surface area contributed by atoms with Crippen LogP contribution in [-0.2, 0) is 0 Å². The monoisotopic (exact) mass is 317 g/mol. The lowest BCUT2D eigenvalue weighted by molar-refractivity contribution is 0.102. The molecule has 1 aliphatic heterocycles. The number of fused-ring (bicyclic) bond motifs is 1. The van der Waals surface area contributed by atoms with Gasteiger partial charge < -0.3 is 24.9 Å². The van der Waals surface area contributed by atoms with Gasteiger partial charge in [0.15, 0.2) is 17.2 Å². The van der Waals surface area contributed by atoms with Crippen LogP contribution < -0.4 is 20.5 Å². The SMILES string of the molecule is CC(C)CC(N)c1nc(C(=O)Nc2ccc3c(c2)OCO3)co1. The van der Waals surface area contributed by atoms with E-state index >= 15 is 0 Å². The predicted octanol–water partition coefficient (Wildman–Crippen LogP) is 2.70.